The number of carbonyl (C=O) groups excluding carboxylic acids is 5. The Labute approximate surface area is 280 Å². The maximum atomic E-state index is 13.6. The molecule has 1 aliphatic heterocycles. The second-order valence-electron chi connectivity index (χ2n) is 13.4. The molecule has 2 aromatic rings. The van der Waals surface area contributed by atoms with Crippen molar-refractivity contribution in [2.45, 2.75) is 110 Å². The Kier molecular flexibility index (Phi) is 13.2. The van der Waals surface area contributed by atoms with E-state index < -0.39 is 17.4 Å². The fourth-order valence-corrected chi connectivity index (χ4v) is 7.05. The van der Waals surface area contributed by atoms with Crippen LogP contribution in [0.4, 0.5) is 0 Å². The molecule has 1 heterocycles. The van der Waals surface area contributed by atoms with E-state index in [1.165, 1.54) is 15.9 Å². The van der Waals surface area contributed by atoms with Gasteiger partial charge in [-0.1, -0.05) is 66.2 Å². The van der Waals surface area contributed by atoms with Crippen molar-refractivity contribution in [3.05, 3.63) is 70.3 Å². The van der Waals surface area contributed by atoms with E-state index in [9.17, 15) is 24.0 Å². The van der Waals surface area contributed by atoms with E-state index in [1.807, 2.05) is 20.8 Å². The predicted octanol–water partition coefficient (Wildman–Crippen LogP) is 6.37. The summed E-state index contributed by atoms with van der Waals surface area (Å²) in [5, 5.41) is 0. The fraction of sp³-hybridized carbons (Fsp3) is 0.553. The average molecular weight is 647 g/mol. The molecule has 0 aliphatic carbocycles. The first kappa shape index (κ1) is 37.8. The Hall–Kier alpha value is -3.69. The molecule has 47 heavy (non-hydrogen) atoms. The molecule has 2 unspecified atom stereocenters. The first-order chi connectivity index (χ1) is 22.4. The van der Waals surface area contributed by atoms with Gasteiger partial charge < -0.3 is 11.5 Å². The van der Waals surface area contributed by atoms with E-state index in [2.05, 4.69) is 20.8 Å². The summed E-state index contributed by atoms with van der Waals surface area (Å²) in [5.74, 6) is -1.33. The molecule has 256 valence electrons. The van der Waals surface area contributed by atoms with Crippen LogP contribution in [0, 0.1) is 11.8 Å². The van der Waals surface area contributed by atoms with Crippen LogP contribution in [-0.4, -0.2) is 63.9 Å². The Morgan fingerprint density at radius 1 is 0.830 bits per heavy atom. The Balaban J connectivity index is 1.74. The van der Waals surface area contributed by atoms with Crippen LogP contribution in [-0.2, 0) is 4.79 Å². The smallest absolute Gasteiger partial charge is 0.261 e. The van der Waals surface area contributed by atoms with Crippen molar-refractivity contribution in [2.24, 2.45) is 23.3 Å². The number of hydrogen-bond donors (Lipinski definition) is 2. The molecule has 0 spiro atoms. The molecule has 4 amide bonds. The van der Waals surface area contributed by atoms with Crippen molar-refractivity contribution < 1.29 is 24.0 Å². The number of benzene rings is 2. The molecule has 3 rings (SSSR count). The predicted molar refractivity (Wildman–Crippen MR) is 185 cm³/mol. The molecule has 0 fully saturated rings. The standard InChI is InChI=1S/C38H54N4O5/c1-7-37(40,8-2)21-11-13-26(5)24-41-35(46)31-20-19-30(23-32(31)36(41)47)33(44)28-15-17-29(18-16-28)34(45)42(25-43)38(9-3,10-4)27(6)14-12-22-39/h15-20,23,25-27H,7-14,21-22,24,39-40H2,1-6H3. The minimum atomic E-state index is -0.650. The number of hydrogen-bond acceptors (Lipinski definition) is 7. The molecule has 9 heteroatoms. The highest BCUT2D eigenvalue weighted by Crippen LogP contribution is 2.35. The van der Waals surface area contributed by atoms with Crippen LogP contribution in [0.15, 0.2) is 42.5 Å². The van der Waals surface area contributed by atoms with E-state index in [-0.39, 0.29) is 40.2 Å². The van der Waals surface area contributed by atoms with Gasteiger partial charge in [-0.25, -0.2) is 0 Å². The van der Waals surface area contributed by atoms with Gasteiger partial charge in [0.25, 0.3) is 17.7 Å². The molecule has 4 N–H and O–H groups in total. The van der Waals surface area contributed by atoms with Gasteiger partial charge in [0.05, 0.1) is 16.7 Å². The summed E-state index contributed by atoms with van der Waals surface area (Å²) in [5.41, 5.74) is 12.7. The van der Waals surface area contributed by atoms with E-state index in [0.29, 0.717) is 49.0 Å². The number of nitrogens with two attached hydrogens (primary N) is 2. The summed E-state index contributed by atoms with van der Waals surface area (Å²) >= 11 is 0. The summed E-state index contributed by atoms with van der Waals surface area (Å²) in [4.78, 5) is 68.5. The number of carbonyl (C=O) groups is 5. The van der Waals surface area contributed by atoms with Gasteiger partial charge in [-0.05, 0) is 94.0 Å². The van der Waals surface area contributed by atoms with Crippen molar-refractivity contribution in [3.63, 3.8) is 0 Å². The van der Waals surface area contributed by atoms with Crippen molar-refractivity contribution in [3.8, 4) is 0 Å². The quantitative estimate of drug-likeness (QED) is 0.103. The fourth-order valence-electron chi connectivity index (χ4n) is 7.05. The highest BCUT2D eigenvalue weighted by atomic mass is 16.2. The molecular formula is C38H54N4O5. The van der Waals surface area contributed by atoms with E-state index in [4.69, 9.17) is 11.5 Å². The number of imide groups is 2. The number of amides is 4. The highest BCUT2D eigenvalue weighted by Gasteiger charge is 2.42. The molecule has 0 bridgehead atoms. The van der Waals surface area contributed by atoms with Crippen molar-refractivity contribution in [1.29, 1.82) is 0 Å². The van der Waals surface area contributed by atoms with E-state index >= 15 is 0 Å². The Morgan fingerprint density at radius 2 is 1.40 bits per heavy atom. The van der Waals surface area contributed by atoms with Gasteiger partial charge in [0.15, 0.2) is 5.78 Å². The van der Waals surface area contributed by atoms with Gasteiger partial charge in [0.1, 0.15) is 0 Å². The third kappa shape index (κ3) is 8.07. The van der Waals surface area contributed by atoms with Crippen molar-refractivity contribution >= 4 is 29.9 Å². The first-order valence-electron chi connectivity index (χ1n) is 17.3. The molecule has 2 aromatic carbocycles. The topological polar surface area (TPSA) is 144 Å². The zero-order valence-electron chi connectivity index (χ0n) is 29.1. The third-order valence-corrected chi connectivity index (χ3v) is 10.7. The number of ketones is 1. The molecule has 2 atom stereocenters. The first-order valence-corrected chi connectivity index (χ1v) is 17.3. The van der Waals surface area contributed by atoms with Gasteiger partial charge in [-0.15, -0.1) is 0 Å². The number of rotatable bonds is 19. The van der Waals surface area contributed by atoms with Crippen LogP contribution in [0.2, 0.25) is 0 Å². The third-order valence-electron chi connectivity index (χ3n) is 10.7. The second-order valence-corrected chi connectivity index (χ2v) is 13.4. The average Bonchev–Trinajstić information content (AvgIpc) is 3.32. The van der Waals surface area contributed by atoms with Crippen LogP contribution < -0.4 is 11.5 Å². The highest BCUT2D eigenvalue weighted by molar-refractivity contribution is 6.22. The molecule has 0 radical (unpaired) electrons. The zero-order valence-corrected chi connectivity index (χ0v) is 29.1. The second kappa shape index (κ2) is 16.4. The maximum absolute atomic E-state index is 13.6. The Bertz CT molecular complexity index is 1430. The van der Waals surface area contributed by atoms with Gasteiger partial charge >= 0.3 is 0 Å². The molecule has 0 saturated heterocycles. The lowest BCUT2D eigenvalue weighted by atomic mass is 9.76. The summed E-state index contributed by atoms with van der Waals surface area (Å²) in [6, 6.07) is 10.8. The molecule has 9 nitrogen and oxygen atoms in total. The summed E-state index contributed by atoms with van der Waals surface area (Å²) in [6.45, 7) is 13.1. The van der Waals surface area contributed by atoms with E-state index in [1.54, 1.807) is 36.4 Å². The van der Waals surface area contributed by atoms with Crippen molar-refractivity contribution in [2.75, 3.05) is 13.1 Å². The number of nitrogens with zero attached hydrogens (tertiary/aromatic N) is 2. The minimum absolute atomic E-state index is 0.0580. The van der Waals surface area contributed by atoms with Crippen LogP contribution in [0.5, 0.6) is 0 Å². The minimum Gasteiger partial charge on any atom is -0.330 e. The van der Waals surface area contributed by atoms with Gasteiger partial charge in [0, 0.05) is 28.8 Å². The number of fused-ring (bicyclic) bond motifs is 1. The van der Waals surface area contributed by atoms with Crippen LogP contribution in [0.25, 0.3) is 0 Å². The summed E-state index contributed by atoms with van der Waals surface area (Å²) in [7, 11) is 0. The van der Waals surface area contributed by atoms with Gasteiger partial charge in [-0.2, -0.15) is 0 Å². The van der Waals surface area contributed by atoms with Crippen molar-refractivity contribution in [1.82, 2.24) is 9.80 Å². The molecule has 0 saturated carbocycles. The largest absolute Gasteiger partial charge is 0.330 e. The molecular weight excluding hydrogens is 592 g/mol. The maximum Gasteiger partial charge on any atom is 0.261 e. The normalized spacial score (nSPS) is 14.6. The lowest BCUT2D eigenvalue weighted by Gasteiger charge is -2.44. The van der Waals surface area contributed by atoms with E-state index in [0.717, 1.165) is 44.9 Å². The zero-order chi connectivity index (χ0) is 34.9. The monoisotopic (exact) mass is 646 g/mol. The molecule has 1 aliphatic rings. The Morgan fingerprint density at radius 3 is 1.96 bits per heavy atom. The SMILES string of the molecule is CCC(N)(CC)CCCC(C)CN1C(=O)c2ccc(C(=O)c3ccc(C(=O)N(C=O)C(CC)(CC)C(C)CCCN)cc3)cc2C1=O. The van der Waals surface area contributed by atoms with Crippen LogP contribution in [0.3, 0.4) is 0 Å². The van der Waals surface area contributed by atoms with Crippen LogP contribution in [0.1, 0.15) is 146 Å². The lowest BCUT2D eigenvalue weighted by Crippen LogP contribution is -2.54. The summed E-state index contributed by atoms with van der Waals surface area (Å²) in [6.07, 6.45) is 7.92. The summed E-state index contributed by atoms with van der Waals surface area (Å²) < 4.78 is 0. The van der Waals surface area contributed by atoms with Gasteiger partial charge in [0.2, 0.25) is 6.41 Å². The van der Waals surface area contributed by atoms with Crippen LogP contribution >= 0.6 is 0 Å². The molecule has 0 aromatic heterocycles. The lowest BCUT2D eigenvalue weighted by molar-refractivity contribution is -0.122. The van der Waals surface area contributed by atoms with Gasteiger partial charge in [-0.3, -0.25) is 33.8 Å².